The van der Waals surface area contributed by atoms with Crippen LogP contribution >= 0.6 is 11.8 Å². The normalized spacial score (nSPS) is 19.2. The van der Waals surface area contributed by atoms with Crippen LogP contribution in [0.3, 0.4) is 0 Å². The Hall–Kier alpha value is -2.93. The maximum Gasteiger partial charge on any atom is 0.238 e. The molecule has 0 spiro atoms. The van der Waals surface area contributed by atoms with Gasteiger partial charge >= 0.3 is 0 Å². The SMILES string of the molecule is COc1ccc2[nH]cc(C3CCN(C(=O)CC4Sc5ccccc5NC4=O)CC3)c2c1. The minimum absolute atomic E-state index is 0.0612. The van der Waals surface area contributed by atoms with Gasteiger partial charge in [0.15, 0.2) is 0 Å². The van der Waals surface area contributed by atoms with Crippen LogP contribution in [0.1, 0.15) is 30.7 Å². The number of benzene rings is 2. The summed E-state index contributed by atoms with van der Waals surface area (Å²) in [6.07, 6.45) is 4.16. The molecule has 2 amide bonds. The molecule has 2 aromatic carbocycles. The zero-order valence-corrected chi connectivity index (χ0v) is 18.2. The van der Waals surface area contributed by atoms with Crippen molar-refractivity contribution >= 4 is 40.2 Å². The predicted molar refractivity (Wildman–Crippen MR) is 123 cm³/mol. The minimum atomic E-state index is -0.374. The van der Waals surface area contributed by atoms with Crippen LogP contribution in [0, 0.1) is 0 Å². The van der Waals surface area contributed by atoms with E-state index < -0.39 is 0 Å². The van der Waals surface area contributed by atoms with E-state index in [1.807, 2.05) is 41.3 Å². The van der Waals surface area contributed by atoms with Gasteiger partial charge in [-0.05, 0) is 54.7 Å². The van der Waals surface area contributed by atoms with Gasteiger partial charge in [-0.15, -0.1) is 11.8 Å². The second-order valence-corrected chi connectivity index (χ2v) is 9.35. The number of carbonyl (C=O) groups excluding carboxylic acids is 2. The first-order valence-electron chi connectivity index (χ1n) is 10.6. The molecule has 2 aliphatic heterocycles. The number of aromatic nitrogens is 1. The number of aromatic amines is 1. The summed E-state index contributed by atoms with van der Waals surface area (Å²) in [5, 5.41) is 3.74. The van der Waals surface area contributed by atoms with E-state index in [1.165, 1.54) is 22.7 Å². The Morgan fingerprint density at radius 3 is 2.81 bits per heavy atom. The number of ether oxygens (including phenoxy) is 1. The maximum atomic E-state index is 12.9. The predicted octanol–water partition coefficient (Wildman–Crippen LogP) is 4.39. The van der Waals surface area contributed by atoms with E-state index in [-0.39, 0.29) is 23.5 Å². The number of likely N-dealkylation sites (tertiary alicyclic amines) is 1. The number of nitrogens with zero attached hydrogens (tertiary/aromatic N) is 1. The van der Waals surface area contributed by atoms with Gasteiger partial charge in [0.2, 0.25) is 11.8 Å². The molecule has 0 bridgehead atoms. The maximum absolute atomic E-state index is 12.9. The number of carbonyl (C=O) groups is 2. The number of piperidine rings is 1. The van der Waals surface area contributed by atoms with Gasteiger partial charge in [0.1, 0.15) is 5.75 Å². The summed E-state index contributed by atoms with van der Waals surface area (Å²) in [5.74, 6) is 1.24. The molecule has 5 rings (SSSR count). The average Bonchev–Trinajstić information content (AvgIpc) is 3.22. The first-order chi connectivity index (χ1) is 15.1. The minimum Gasteiger partial charge on any atom is -0.497 e. The fourth-order valence-corrected chi connectivity index (χ4v) is 5.64. The summed E-state index contributed by atoms with van der Waals surface area (Å²) in [4.78, 5) is 31.7. The number of thioether (sulfide) groups is 1. The molecule has 0 radical (unpaired) electrons. The van der Waals surface area contributed by atoms with Crippen molar-refractivity contribution in [2.24, 2.45) is 0 Å². The van der Waals surface area contributed by atoms with Crippen molar-refractivity contribution in [1.29, 1.82) is 0 Å². The second kappa shape index (κ2) is 8.30. The highest BCUT2D eigenvalue weighted by Gasteiger charge is 2.32. The molecule has 1 unspecified atom stereocenters. The molecule has 1 fully saturated rings. The van der Waals surface area contributed by atoms with Crippen LogP contribution in [-0.4, -0.2) is 47.1 Å². The summed E-state index contributed by atoms with van der Waals surface area (Å²) >= 11 is 1.49. The monoisotopic (exact) mass is 435 g/mol. The lowest BCUT2D eigenvalue weighted by molar-refractivity contribution is -0.133. The number of para-hydroxylation sites is 1. The van der Waals surface area contributed by atoms with E-state index in [2.05, 4.69) is 22.6 Å². The Morgan fingerprint density at radius 2 is 2.00 bits per heavy atom. The molecular weight excluding hydrogens is 410 g/mol. The molecule has 0 saturated carbocycles. The quantitative estimate of drug-likeness (QED) is 0.638. The average molecular weight is 436 g/mol. The van der Waals surface area contributed by atoms with Gasteiger partial charge in [-0.3, -0.25) is 9.59 Å². The van der Waals surface area contributed by atoms with Crippen LogP contribution in [0.5, 0.6) is 5.75 Å². The molecule has 2 aliphatic rings. The molecule has 1 atom stereocenters. The van der Waals surface area contributed by atoms with Crippen LogP contribution < -0.4 is 10.1 Å². The highest BCUT2D eigenvalue weighted by atomic mass is 32.2. The van der Waals surface area contributed by atoms with Gasteiger partial charge in [0.05, 0.1) is 18.0 Å². The summed E-state index contributed by atoms with van der Waals surface area (Å²) in [5.41, 5.74) is 3.23. The Kier molecular flexibility index (Phi) is 5.36. The number of anilines is 1. The van der Waals surface area contributed by atoms with Gasteiger partial charge in [-0.1, -0.05) is 12.1 Å². The van der Waals surface area contributed by atoms with E-state index in [9.17, 15) is 9.59 Å². The van der Waals surface area contributed by atoms with E-state index >= 15 is 0 Å². The second-order valence-electron chi connectivity index (χ2n) is 8.11. The Bertz CT molecular complexity index is 1130. The van der Waals surface area contributed by atoms with Gasteiger partial charge in [-0.2, -0.15) is 0 Å². The third-order valence-corrected chi connectivity index (χ3v) is 7.55. The lowest BCUT2D eigenvalue weighted by Gasteiger charge is -2.33. The highest BCUT2D eigenvalue weighted by molar-refractivity contribution is 8.01. The van der Waals surface area contributed by atoms with Gasteiger partial charge in [0, 0.05) is 41.5 Å². The van der Waals surface area contributed by atoms with E-state index in [0.29, 0.717) is 5.92 Å². The number of hydrogen-bond donors (Lipinski definition) is 2. The van der Waals surface area contributed by atoms with Crippen molar-refractivity contribution < 1.29 is 14.3 Å². The van der Waals surface area contributed by atoms with Crippen LogP contribution in [-0.2, 0) is 9.59 Å². The largest absolute Gasteiger partial charge is 0.497 e. The Balaban J connectivity index is 1.22. The first kappa shape index (κ1) is 20.0. The van der Waals surface area contributed by atoms with Gasteiger partial charge < -0.3 is 19.9 Å². The number of rotatable bonds is 4. The molecule has 2 N–H and O–H groups in total. The fraction of sp³-hybridized carbons (Fsp3) is 0.333. The van der Waals surface area contributed by atoms with Crippen molar-refractivity contribution in [3.05, 3.63) is 54.2 Å². The van der Waals surface area contributed by atoms with Crippen LogP contribution in [0.15, 0.2) is 53.6 Å². The summed E-state index contributed by atoms with van der Waals surface area (Å²) < 4.78 is 5.38. The highest BCUT2D eigenvalue weighted by Crippen LogP contribution is 2.38. The van der Waals surface area contributed by atoms with Crippen molar-refractivity contribution in [2.45, 2.75) is 35.3 Å². The molecule has 160 valence electrons. The van der Waals surface area contributed by atoms with Crippen LogP contribution in [0.25, 0.3) is 10.9 Å². The fourth-order valence-electron chi connectivity index (χ4n) is 4.54. The number of nitrogens with one attached hydrogen (secondary N) is 2. The molecule has 7 heteroatoms. The number of methoxy groups -OCH3 is 1. The zero-order chi connectivity index (χ0) is 21.4. The van der Waals surface area contributed by atoms with Crippen molar-refractivity contribution in [2.75, 3.05) is 25.5 Å². The number of amides is 2. The van der Waals surface area contributed by atoms with E-state index in [4.69, 9.17) is 4.74 Å². The van der Waals surface area contributed by atoms with Gasteiger partial charge in [-0.25, -0.2) is 0 Å². The summed E-state index contributed by atoms with van der Waals surface area (Å²) in [6, 6.07) is 13.8. The van der Waals surface area contributed by atoms with E-state index in [1.54, 1.807) is 7.11 Å². The van der Waals surface area contributed by atoms with Crippen LogP contribution in [0.2, 0.25) is 0 Å². The number of H-pyrrole nitrogens is 1. The number of hydrogen-bond acceptors (Lipinski definition) is 4. The molecule has 31 heavy (non-hydrogen) atoms. The topological polar surface area (TPSA) is 74.4 Å². The third-order valence-electron chi connectivity index (χ3n) is 6.28. The molecule has 3 aromatic rings. The zero-order valence-electron chi connectivity index (χ0n) is 17.4. The van der Waals surface area contributed by atoms with Gasteiger partial charge in [0.25, 0.3) is 0 Å². The Labute approximate surface area is 185 Å². The summed E-state index contributed by atoms with van der Waals surface area (Å²) in [6.45, 7) is 1.44. The smallest absolute Gasteiger partial charge is 0.238 e. The molecule has 3 heterocycles. The lowest BCUT2D eigenvalue weighted by atomic mass is 9.89. The van der Waals surface area contributed by atoms with Crippen molar-refractivity contribution in [3.63, 3.8) is 0 Å². The molecule has 6 nitrogen and oxygen atoms in total. The van der Waals surface area contributed by atoms with Crippen molar-refractivity contribution in [3.8, 4) is 5.75 Å². The third kappa shape index (κ3) is 3.90. The molecule has 1 saturated heterocycles. The first-order valence-corrected chi connectivity index (χ1v) is 11.5. The van der Waals surface area contributed by atoms with Crippen LogP contribution in [0.4, 0.5) is 5.69 Å². The lowest BCUT2D eigenvalue weighted by Crippen LogP contribution is -2.41. The summed E-state index contributed by atoms with van der Waals surface area (Å²) in [7, 11) is 1.68. The Morgan fingerprint density at radius 1 is 1.19 bits per heavy atom. The standard InChI is InChI=1S/C24H25N3O3S/c1-30-16-6-7-19-17(12-16)18(14-25-19)15-8-10-27(11-9-15)23(28)13-22-24(29)26-20-4-2-3-5-21(20)31-22/h2-7,12,14-15,22,25H,8-11,13H2,1H3,(H,26,29). The van der Waals surface area contributed by atoms with Crippen molar-refractivity contribution in [1.82, 2.24) is 9.88 Å². The molecule has 0 aliphatic carbocycles. The number of fused-ring (bicyclic) bond motifs is 2. The molecular formula is C24H25N3O3S. The van der Waals surface area contributed by atoms with E-state index in [0.717, 1.165) is 47.8 Å². The molecule has 1 aromatic heterocycles.